The quantitative estimate of drug-likeness (QED) is 0.543. The summed E-state index contributed by atoms with van der Waals surface area (Å²) in [4.78, 5) is 4.70. The van der Waals surface area contributed by atoms with E-state index in [4.69, 9.17) is 6.57 Å². The second-order valence-electron chi connectivity index (χ2n) is 4.20. The van der Waals surface area contributed by atoms with Gasteiger partial charge in [-0.25, -0.2) is 4.85 Å². The van der Waals surface area contributed by atoms with Gasteiger partial charge in [0.05, 0.1) is 6.57 Å². The van der Waals surface area contributed by atoms with Gasteiger partial charge in [-0.15, -0.1) is 11.8 Å². The van der Waals surface area contributed by atoms with Gasteiger partial charge < -0.3 is 0 Å². The predicted octanol–water partition coefficient (Wildman–Crippen LogP) is 5.11. The zero-order chi connectivity index (χ0) is 13.0. The van der Waals surface area contributed by atoms with E-state index >= 15 is 0 Å². The van der Waals surface area contributed by atoms with Crippen molar-refractivity contribution in [3.63, 3.8) is 0 Å². The Morgan fingerprint density at radius 1 is 0.944 bits per heavy atom. The predicted molar refractivity (Wildman–Crippen MR) is 78.4 cm³/mol. The molecule has 0 aliphatic carbocycles. The van der Waals surface area contributed by atoms with Gasteiger partial charge in [-0.2, -0.15) is 0 Å². The molecule has 1 nitrogen and oxygen atoms in total. The molecule has 0 N–H and O–H groups in total. The van der Waals surface area contributed by atoms with E-state index in [-0.39, 0.29) is 0 Å². The normalized spacial score (nSPS) is 11.8. The highest BCUT2D eigenvalue weighted by molar-refractivity contribution is 7.98. The van der Waals surface area contributed by atoms with E-state index < -0.39 is 0 Å². The first kappa shape index (κ1) is 12.7. The summed E-state index contributed by atoms with van der Waals surface area (Å²) in [6.07, 6.45) is 2.08. The molecule has 0 bridgehead atoms. The maximum absolute atomic E-state index is 6.95. The highest BCUT2D eigenvalue weighted by Crippen LogP contribution is 2.27. The Kier molecular flexibility index (Phi) is 4.07. The van der Waals surface area contributed by atoms with Crippen LogP contribution in [0.5, 0.6) is 0 Å². The van der Waals surface area contributed by atoms with Gasteiger partial charge in [0, 0.05) is 10.8 Å². The molecule has 0 spiro atoms. The van der Waals surface area contributed by atoms with Crippen molar-refractivity contribution in [3.05, 3.63) is 71.1 Å². The van der Waals surface area contributed by atoms with E-state index in [0.29, 0.717) is 11.6 Å². The van der Waals surface area contributed by atoms with E-state index in [0.717, 1.165) is 0 Å². The second kappa shape index (κ2) is 5.75. The number of hydrogen-bond donors (Lipinski definition) is 0. The van der Waals surface area contributed by atoms with Gasteiger partial charge in [-0.05, 0) is 29.5 Å². The van der Waals surface area contributed by atoms with Crippen LogP contribution in [0.4, 0.5) is 5.69 Å². The first-order valence-electron chi connectivity index (χ1n) is 5.86. The number of rotatable bonds is 3. The number of benzene rings is 2. The van der Waals surface area contributed by atoms with Gasteiger partial charge >= 0.3 is 0 Å². The summed E-state index contributed by atoms with van der Waals surface area (Å²) in [5, 5.41) is 0. The van der Waals surface area contributed by atoms with Crippen molar-refractivity contribution in [2.45, 2.75) is 17.7 Å². The smallest absolute Gasteiger partial charge is 0.187 e. The minimum atomic E-state index is 0.362. The summed E-state index contributed by atoms with van der Waals surface area (Å²) in [7, 11) is 0. The topological polar surface area (TPSA) is 4.36 Å². The van der Waals surface area contributed by atoms with Crippen LogP contribution in [0.25, 0.3) is 4.85 Å². The first-order chi connectivity index (χ1) is 8.74. The minimum Gasteiger partial charge on any atom is -0.238 e. The average molecular weight is 253 g/mol. The van der Waals surface area contributed by atoms with Crippen LogP contribution in [-0.4, -0.2) is 6.26 Å². The molecule has 0 aliphatic heterocycles. The van der Waals surface area contributed by atoms with Crippen LogP contribution in [0.1, 0.15) is 24.0 Å². The Morgan fingerprint density at radius 2 is 1.44 bits per heavy atom. The third kappa shape index (κ3) is 2.75. The van der Waals surface area contributed by atoms with Gasteiger partial charge in [0.2, 0.25) is 0 Å². The molecule has 0 saturated heterocycles. The molecule has 0 saturated carbocycles. The molecule has 2 aromatic carbocycles. The Bertz CT molecular complexity index is 549. The molecule has 0 radical (unpaired) electrons. The SMILES string of the molecule is [C-]#[N+]c1ccc(C(C)c2ccc(SC)cc2)cc1. The standard InChI is InChI=1S/C16H15NS/c1-12(13-4-8-15(17-2)9-5-13)14-6-10-16(18-3)11-7-14/h4-12H,1,3H3. The van der Waals surface area contributed by atoms with Crippen molar-refractivity contribution in [2.24, 2.45) is 0 Å². The van der Waals surface area contributed by atoms with Crippen LogP contribution in [0.3, 0.4) is 0 Å². The molecule has 1 atom stereocenters. The Hall–Kier alpha value is -1.72. The number of thioether (sulfide) groups is 1. The average Bonchev–Trinajstić information content (AvgIpc) is 2.47. The lowest BCUT2D eigenvalue weighted by molar-refractivity contribution is 0.920. The lowest BCUT2D eigenvalue weighted by atomic mass is 9.93. The monoisotopic (exact) mass is 253 g/mol. The molecule has 0 aliphatic rings. The van der Waals surface area contributed by atoms with Crippen molar-refractivity contribution in [3.8, 4) is 0 Å². The third-order valence-electron chi connectivity index (χ3n) is 3.14. The van der Waals surface area contributed by atoms with Gasteiger partial charge in [0.15, 0.2) is 5.69 Å². The molecule has 90 valence electrons. The zero-order valence-electron chi connectivity index (χ0n) is 10.6. The fourth-order valence-electron chi connectivity index (χ4n) is 1.92. The first-order valence-corrected chi connectivity index (χ1v) is 7.08. The van der Waals surface area contributed by atoms with Gasteiger partial charge in [0.25, 0.3) is 0 Å². The molecule has 0 heterocycles. The molecule has 0 aromatic heterocycles. The summed E-state index contributed by atoms with van der Waals surface area (Å²) >= 11 is 1.76. The van der Waals surface area contributed by atoms with Crippen LogP contribution >= 0.6 is 11.8 Å². The summed E-state index contributed by atoms with van der Waals surface area (Å²) in [6, 6.07) is 16.5. The maximum Gasteiger partial charge on any atom is 0.187 e. The molecular weight excluding hydrogens is 238 g/mol. The number of hydrogen-bond acceptors (Lipinski definition) is 1. The number of nitrogens with zero attached hydrogens (tertiary/aromatic N) is 1. The zero-order valence-corrected chi connectivity index (χ0v) is 11.4. The van der Waals surface area contributed by atoms with Crippen LogP contribution in [0, 0.1) is 6.57 Å². The lowest BCUT2D eigenvalue weighted by Gasteiger charge is -2.13. The van der Waals surface area contributed by atoms with E-state index in [2.05, 4.69) is 42.3 Å². The second-order valence-corrected chi connectivity index (χ2v) is 5.08. The third-order valence-corrected chi connectivity index (χ3v) is 3.88. The van der Waals surface area contributed by atoms with Gasteiger partial charge in [0.1, 0.15) is 0 Å². The fourth-order valence-corrected chi connectivity index (χ4v) is 2.33. The van der Waals surface area contributed by atoms with Gasteiger partial charge in [-0.1, -0.05) is 43.3 Å². The molecule has 0 fully saturated rings. The van der Waals surface area contributed by atoms with Crippen molar-refractivity contribution in [2.75, 3.05) is 6.26 Å². The summed E-state index contributed by atoms with van der Waals surface area (Å²) in [6.45, 7) is 9.15. The molecule has 18 heavy (non-hydrogen) atoms. The molecular formula is C16H15NS. The summed E-state index contributed by atoms with van der Waals surface area (Å²) in [5.41, 5.74) is 3.26. The largest absolute Gasteiger partial charge is 0.238 e. The Labute approximate surface area is 113 Å². The fraction of sp³-hybridized carbons (Fsp3) is 0.188. The maximum atomic E-state index is 6.95. The highest BCUT2D eigenvalue weighted by Gasteiger charge is 2.08. The highest BCUT2D eigenvalue weighted by atomic mass is 32.2. The minimum absolute atomic E-state index is 0.362. The van der Waals surface area contributed by atoms with E-state index in [1.54, 1.807) is 11.8 Å². The van der Waals surface area contributed by atoms with Crippen LogP contribution in [0.2, 0.25) is 0 Å². The summed E-state index contributed by atoms with van der Waals surface area (Å²) < 4.78 is 0. The van der Waals surface area contributed by atoms with Crippen LogP contribution in [-0.2, 0) is 0 Å². The lowest BCUT2D eigenvalue weighted by Crippen LogP contribution is -1.95. The molecule has 0 amide bonds. The van der Waals surface area contributed by atoms with E-state index in [1.807, 2.05) is 24.3 Å². The Balaban J connectivity index is 2.23. The molecule has 2 rings (SSSR count). The van der Waals surface area contributed by atoms with E-state index in [9.17, 15) is 0 Å². The van der Waals surface area contributed by atoms with Crippen molar-refractivity contribution in [1.29, 1.82) is 0 Å². The van der Waals surface area contributed by atoms with Crippen molar-refractivity contribution in [1.82, 2.24) is 0 Å². The van der Waals surface area contributed by atoms with Crippen LogP contribution < -0.4 is 0 Å². The van der Waals surface area contributed by atoms with Crippen molar-refractivity contribution >= 4 is 17.4 Å². The van der Waals surface area contributed by atoms with Crippen molar-refractivity contribution < 1.29 is 0 Å². The molecule has 1 unspecified atom stereocenters. The molecule has 2 heteroatoms. The summed E-state index contributed by atoms with van der Waals surface area (Å²) in [5.74, 6) is 0.362. The van der Waals surface area contributed by atoms with Crippen LogP contribution in [0.15, 0.2) is 53.4 Å². The van der Waals surface area contributed by atoms with E-state index in [1.165, 1.54) is 16.0 Å². The Morgan fingerprint density at radius 3 is 1.89 bits per heavy atom. The molecule has 2 aromatic rings. The van der Waals surface area contributed by atoms with Gasteiger partial charge in [-0.3, -0.25) is 0 Å².